The Bertz CT molecular complexity index is 701. The number of nitrogens with zero attached hydrogens (tertiary/aromatic N) is 3. The molecular weight excluding hydrogens is 250 g/mol. The number of hydrogen-bond donors (Lipinski definition) is 0. The molecule has 0 fully saturated rings. The summed E-state index contributed by atoms with van der Waals surface area (Å²) in [5, 5.41) is 9.06. The largest absolute Gasteiger partial charge is 0.311 e. The normalized spacial score (nSPS) is 9.90. The second kappa shape index (κ2) is 5.54. The first-order chi connectivity index (χ1) is 9.54. The molecule has 0 saturated carbocycles. The predicted octanol–water partition coefficient (Wildman–Crippen LogP) is 2.85. The first-order valence-electron chi connectivity index (χ1n) is 6.24. The van der Waals surface area contributed by atoms with Crippen LogP contribution in [0.3, 0.4) is 0 Å². The third-order valence-corrected chi connectivity index (χ3v) is 3.19. The van der Waals surface area contributed by atoms with Gasteiger partial charge in [0.2, 0.25) is 0 Å². The van der Waals surface area contributed by atoms with E-state index in [1.54, 1.807) is 18.0 Å². The van der Waals surface area contributed by atoms with E-state index in [0.29, 0.717) is 11.1 Å². The molecule has 0 saturated heterocycles. The highest BCUT2D eigenvalue weighted by atomic mass is 16.2. The highest BCUT2D eigenvalue weighted by Crippen LogP contribution is 2.22. The van der Waals surface area contributed by atoms with Crippen LogP contribution in [-0.4, -0.2) is 17.9 Å². The number of carbonyl (C=O) groups excluding carboxylic acids is 1. The third kappa shape index (κ3) is 2.52. The second-order valence-corrected chi connectivity index (χ2v) is 4.69. The number of hydrogen-bond acceptors (Lipinski definition) is 3. The first-order valence-corrected chi connectivity index (χ1v) is 6.24. The van der Waals surface area contributed by atoms with E-state index < -0.39 is 0 Å². The average molecular weight is 265 g/mol. The molecule has 1 amide bonds. The summed E-state index contributed by atoms with van der Waals surface area (Å²) < 4.78 is 0. The van der Waals surface area contributed by atoms with E-state index in [0.717, 1.165) is 16.8 Å². The van der Waals surface area contributed by atoms with Gasteiger partial charge in [-0.15, -0.1) is 0 Å². The molecule has 0 unspecified atom stereocenters. The van der Waals surface area contributed by atoms with Crippen LogP contribution in [0.4, 0.5) is 5.69 Å². The number of carbonyl (C=O) groups is 1. The number of rotatable bonds is 2. The van der Waals surface area contributed by atoms with Gasteiger partial charge >= 0.3 is 0 Å². The number of anilines is 1. The number of aryl methyl sites for hydroxylation is 2. The molecule has 2 rings (SSSR count). The molecule has 1 aromatic carbocycles. The van der Waals surface area contributed by atoms with E-state index in [4.69, 9.17) is 5.26 Å². The van der Waals surface area contributed by atoms with Crippen molar-refractivity contribution in [3.05, 3.63) is 58.9 Å². The van der Waals surface area contributed by atoms with E-state index in [1.807, 2.05) is 38.1 Å². The monoisotopic (exact) mass is 265 g/mol. The standard InChI is InChI=1S/C16H15N3O/c1-11-4-5-15(12(2)8-11)19(3)16(20)14-10-18-7-6-13(14)9-17/h4-8,10H,1-3H3. The summed E-state index contributed by atoms with van der Waals surface area (Å²) in [5.74, 6) is -0.235. The van der Waals surface area contributed by atoms with Crippen molar-refractivity contribution < 1.29 is 4.79 Å². The van der Waals surface area contributed by atoms with Gasteiger partial charge < -0.3 is 4.90 Å². The molecule has 1 heterocycles. The van der Waals surface area contributed by atoms with Crippen LogP contribution in [0.25, 0.3) is 0 Å². The average Bonchev–Trinajstić information content (AvgIpc) is 2.45. The zero-order valence-corrected chi connectivity index (χ0v) is 11.7. The van der Waals surface area contributed by atoms with Gasteiger partial charge in [0.05, 0.1) is 11.1 Å². The topological polar surface area (TPSA) is 57.0 Å². The zero-order chi connectivity index (χ0) is 14.7. The van der Waals surface area contributed by atoms with Gasteiger partial charge in [-0.2, -0.15) is 5.26 Å². The second-order valence-electron chi connectivity index (χ2n) is 4.69. The minimum Gasteiger partial charge on any atom is -0.311 e. The van der Waals surface area contributed by atoms with Gasteiger partial charge in [0.1, 0.15) is 6.07 Å². The van der Waals surface area contributed by atoms with Crippen molar-refractivity contribution in [2.45, 2.75) is 13.8 Å². The molecule has 0 aliphatic heterocycles. The minimum absolute atomic E-state index is 0.235. The van der Waals surface area contributed by atoms with Crippen LogP contribution in [-0.2, 0) is 0 Å². The van der Waals surface area contributed by atoms with E-state index in [-0.39, 0.29) is 5.91 Å². The van der Waals surface area contributed by atoms with Crippen molar-refractivity contribution in [3.63, 3.8) is 0 Å². The maximum Gasteiger partial charge on any atom is 0.260 e. The molecule has 0 radical (unpaired) electrons. The van der Waals surface area contributed by atoms with E-state index in [1.165, 1.54) is 12.4 Å². The number of benzene rings is 1. The lowest BCUT2D eigenvalue weighted by Gasteiger charge is -2.20. The fraction of sp³-hybridized carbons (Fsp3) is 0.188. The molecule has 1 aromatic heterocycles. The zero-order valence-electron chi connectivity index (χ0n) is 11.7. The molecule has 0 atom stereocenters. The number of pyridine rings is 1. The Morgan fingerprint density at radius 1 is 1.30 bits per heavy atom. The van der Waals surface area contributed by atoms with Crippen LogP contribution in [0.5, 0.6) is 0 Å². The van der Waals surface area contributed by atoms with Gasteiger partial charge in [0.15, 0.2) is 0 Å². The quantitative estimate of drug-likeness (QED) is 0.839. The fourth-order valence-electron chi connectivity index (χ4n) is 2.13. The third-order valence-electron chi connectivity index (χ3n) is 3.19. The van der Waals surface area contributed by atoms with E-state index in [9.17, 15) is 4.79 Å². The molecule has 0 aliphatic rings. The molecule has 2 aromatic rings. The van der Waals surface area contributed by atoms with Gasteiger partial charge in [-0.1, -0.05) is 17.7 Å². The van der Waals surface area contributed by atoms with Crippen LogP contribution in [0, 0.1) is 25.2 Å². The van der Waals surface area contributed by atoms with Crippen molar-refractivity contribution in [1.82, 2.24) is 4.98 Å². The van der Waals surface area contributed by atoms with Gasteiger partial charge in [0.25, 0.3) is 5.91 Å². The molecule has 100 valence electrons. The Balaban J connectivity index is 2.41. The maximum absolute atomic E-state index is 12.5. The predicted molar refractivity (Wildman–Crippen MR) is 77.6 cm³/mol. The van der Waals surface area contributed by atoms with Gasteiger partial charge in [0, 0.05) is 25.1 Å². The van der Waals surface area contributed by atoms with Crippen LogP contribution in [0.15, 0.2) is 36.7 Å². The van der Waals surface area contributed by atoms with Gasteiger partial charge in [-0.3, -0.25) is 9.78 Å². The lowest BCUT2D eigenvalue weighted by atomic mass is 10.1. The molecule has 0 aliphatic carbocycles. The number of amides is 1. The Hall–Kier alpha value is -2.67. The summed E-state index contributed by atoms with van der Waals surface area (Å²) in [6.07, 6.45) is 2.94. The van der Waals surface area contributed by atoms with Crippen LogP contribution < -0.4 is 4.90 Å². The first kappa shape index (κ1) is 13.8. The van der Waals surface area contributed by atoms with Crippen molar-refractivity contribution in [1.29, 1.82) is 5.26 Å². The molecule has 0 bridgehead atoms. The van der Waals surface area contributed by atoms with Crippen LogP contribution >= 0.6 is 0 Å². The Morgan fingerprint density at radius 2 is 2.05 bits per heavy atom. The van der Waals surface area contributed by atoms with Crippen molar-refractivity contribution >= 4 is 11.6 Å². The summed E-state index contributed by atoms with van der Waals surface area (Å²) in [7, 11) is 1.70. The van der Waals surface area contributed by atoms with Crippen molar-refractivity contribution in [3.8, 4) is 6.07 Å². The number of aromatic nitrogens is 1. The Kier molecular flexibility index (Phi) is 3.81. The highest BCUT2D eigenvalue weighted by Gasteiger charge is 2.18. The lowest BCUT2D eigenvalue weighted by Crippen LogP contribution is -2.27. The molecular formula is C16H15N3O. The van der Waals surface area contributed by atoms with Gasteiger partial charge in [-0.05, 0) is 31.5 Å². The molecule has 4 nitrogen and oxygen atoms in total. The van der Waals surface area contributed by atoms with Crippen LogP contribution in [0.2, 0.25) is 0 Å². The summed E-state index contributed by atoms with van der Waals surface area (Å²) in [5.41, 5.74) is 3.64. The summed E-state index contributed by atoms with van der Waals surface area (Å²) >= 11 is 0. The fourth-order valence-corrected chi connectivity index (χ4v) is 2.13. The summed E-state index contributed by atoms with van der Waals surface area (Å²) in [6.45, 7) is 3.97. The lowest BCUT2D eigenvalue weighted by molar-refractivity contribution is 0.0992. The smallest absolute Gasteiger partial charge is 0.260 e. The molecule has 20 heavy (non-hydrogen) atoms. The minimum atomic E-state index is -0.235. The molecule has 0 spiro atoms. The van der Waals surface area contributed by atoms with Gasteiger partial charge in [-0.25, -0.2) is 0 Å². The van der Waals surface area contributed by atoms with E-state index in [2.05, 4.69) is 4.98 Å². The maximum atomic E-state index is 12.5. The Morgan fingerprint density at radius 3 is 2.70 bits per heavy atom. The summed E-state index contributed by atoms with van der Waals surface area (Å²) in [4.78, 5) is 18.0. The van der Waals surface area contributed by atoms with Crippen molar-refractivity contribution in [2.75, 3.05) is 11.9 Å². The van der Waals surface area contributed by atoms with Crippen molar-refractivity contribution in [2.24, 2.45) is 0 Å². The highest BCUT2D eigenvalue weighted by molar-refractivity contribution is 6.07. The van der Waals surface area contributed by atoms with Crippen LogP contribution in [0.1, 0.15) is 27.0 Å². The summed E-state index contributed by atoms with van der Waals surface area (Å²) in [6, 6.07) is 9.45. The van der Waals surface area contributed by atoms with E-state index >= 15 is 0 Å². The number of nitriles is 1. The Labute approximate surface area is 118 Å². The SMILES string of the molecule is Cc1ccc(N(C)C(=O)c2cnccc2C#N)c(C)c1. The molecule has 4 heteroatoms. The molecule has 0 N–H and O–H groups in total.